The Morgan fingerprint density at radius 2 is 1.93 bits per heavy atom. The molecule has 2 heterocycles. The highest BCUT2D eigenvalue weighted by atomic mass is 16.5. The molecule has 0 aliphatic carbocycles. The van der Waals surface area contributed by atoms with E-state index in [2.05, 4.69) is 15.3 Å². The van der Waals surface area contributed by atoms with Crippen molar-refractivity contribution >= 4 is 16.8 Å². The highest BCUT2D eigenvalue weighted by molar-refractivity contribution is 5.92. The number of hydrogen-bond donors (Lipinski definition) is 1. The van der Waals surface area contributed by atoms with Gasteiger partial charge in [-0.15, -0.1) is 0 Å². The molecule has 3 rings (SSSR count). The van der Waals surface area contributed by atoms with E-state index in [1.165, 1.54) is 18.8 Å². The van der Waals surface area contributed by atoms with Gasteiger partial charge in [-0.25, -0.2) is 4.98 Å². The van der Waals surface area contributed by atoms with Gasteiger partial charge in [-0.1, -0.05) is 6.07 Å². The summed E-state index contributed by atoms with van der Waals surface area (Å²) < 4.78 is 12.0. The minimum absolute atomic E-state index is 0.203. The molecule has 8 nitrogen and oxygen atoms in total. The second kappa shape index (κ2) is 7.86. The molecule has 0 spiro atoms. The van der Waals surface area contributed by atoms with Crippen LogP contribution in [0.2, 0.25) is 0 Å². The molecule has 0 unspecified atom stereocenters. The Hall–Kier alpha value is -3.42. The number of carbonyl (C=O) groups is 1. The Labute approximate surface area is 155 Å². The zero-order chi connectivity index (χ0) is 19.4. The van der Waals surface area contributed by atoms with Crippen LogP contribution in [-0.4, -0.2) is 41.2 Å². The van der Waals surface area contributed by atoms with E-state index in [1.54, 1.807) is 43.5 Å². The van der Waals surface area contributed by atoms with E-state index in [1.807, 2.05) is 0 Å². The number of fused-ring (bicyclic) bond motifs is 1. The first-order valence-electron chi connectivity index (χ1n) is 8.37. The van der Waals surface area contributed by atoms with Crippen LogP contribution in [-0.2, 0) is 6.54 Å². The lowest BCUT2D eigenvalue weighted by molar-refractivity contribution is 0.0947. The van der Waals surface area contributed by atoms with Gasteiger partial charge in [0, 0.05) is 25.4 Å². The number of nitrogens with zero attached hydrogens (tertiary/aromatic N) is 3. The van der Waals surface area contributed by atoms with Crippen LogP contribution in [0.5, 0.6) is 11.5 Å². The van der Waals surface area contributed by atoms with E-state index in [-0.39, 0.29) is 18.0 Å². The van der Waals surface area contributed by atoms with Crippen LogP contribution in [0.3, 0.4) is 0 Å². The lowest BCUT2D eigenvalue weighted by atomic mass is 10.2. The zero-order valence-electron chi connectivity index (χ0n) is 15.4. The van der Waals surface area contributed by atoms with E-state index in [9.17, 15) is 9.59 Å². The molecular formula is C19H20N4O4. The molecule has 8 heteroatoms. The van der Waals surface area contributed by atoms with Crippen molar-refractivity contribution in [2.45, 2.75) is 13.5 Å². The molecule has 27 heavy (non-hydrogen) atoms. The van der Waals surface area contributed by atoms with Gasteiger partial charge in [0.25, 0.3) is 11.5 Å². The number of hydrogen-bond acceptors (Lipinski definition) is 6. The SMILES string of the molecule is COc1cc2nc(C)n(CCNC(=O)c3ccccn3)c(=O)c2cc1OC. The number of aryl methyl sites for hydroxylation is 1. The number of nitrogens with one attached hydrogen (secondary N) is 1. The van der Waals surface area contributed by atoms with Crippen LogP contribution in [0, 0.1) is 6.92 Å². The van der Waals surface area contributed by atoms with Gasteiger partial charge in [0.2, 0.25) is 0 Å². The standard InChI is InChI=1S/C19H20N4O4/c1-12-22-15-11-17(27-3)16(26-2)10-13(15)19(25)23(12)9-8-21-18(24)14-6-4-5-7-20-14/h4-7,10-11H,8-9H2,1-3H3,(H,21,24). The summed E-state index contributed by atoms with van der Waals surface area (Å²) in [7, 11) is 3.04. The maximum absolute atomic E-state index is 12.9. The smallest absolute Gasteiger partial charge is 0.269 e. The van der Waals surface area contributed by atoms with E-state index < -0.39 is 0 Å². The van der Waals surface area contributed by atoms with Crippen LogP contribution in [0.4, 0.5) is 0 Å². The monoisotopic (exact) mass is 368 g/mol. The summed E-state index contributed by atoms with van der Waals surface area (Å²) in [6, 6.07) is 8.40. The van der Waals surface area contributed by atoms with Gasteiger partial charge in [0.05, 0.1) is 25.1 Å². The molecule has 0 saturated carbocycles. The van der Waals surface area contributed by atoms with Crippen LogP contribution >= 0.6 is 0 Å². The minimum atomic E-state index is -0.290. The van der Waals surface area contributed by atoms with Crippen molar-refractivity contribution in [3.8, 4) is 11.5 Å². The van der Waals surface area contributed by atoms with E-state index >= 15 is 0 Å². The highest BCUT2D eigenvalue weighted by Gasteiger charge is 2.13. The molecule has 1 N–H and O–H groups in total. The van der Waals surface area contributed by atoms with Crippen molar-refractivity contribution < 1.29 is 14.3 Å². The number of amides is 1. The summed E-state index contributed by atoms with van der Waals surface area (Å²) >= 11 is 0. The van der Waals surface area contributed by atoms with Gasteiger partial charge in [-0.05, 0) is 25.1 Å². The number of carbonyl (C=O) groups excluding carboxylic acids is 1. The molecule has 0 fully saturated rings. The number of ether oxygens (including phenoxy) is 2. The van der Waals surface area contributed by atoms with Crippen molar-refractivity contribution in [2.24, 2.45) is 0 Å². The molecule has 1 amide bonds. The lowest BCUT2D eigenvalue weighted by Crippen LogP contribution is -2.32. The van der Waals surface area contributed by atoms with Crippen molar-refractivity contribution in [1.82, 2.24) is 19.9 Å². The van der Waals surface area contributed by atoms with Gasteiger partial charge in [0.1, 0.15) is 11.5 Å². The maximum Gasteiger partial charge on any atom is 0.269 e. The van der Waals surface area contributed by atoms with Crippen LogP contribution in [0.25, 0.3) is 10.9 Å². The highest BCUT2D eigenvalue weighted by Crippen LogP contribution is 2.30. The zero-order valence-corrected chi connectivity index (χ0v) is 15.4. The van der Waals surface area contributed by atoms with Crippen molar-refractivity contribution in [3.63, 3.8) is 0 Å². The van der Waals surface area contributed by atoms with Crippen LogP contribution < -0.4 is 20.3 Å². The second-order valence-electron chi connectivity index (χ2n) is 5.81. The number of rotatable bonds is 6. The van der Waals surface area contributed by atoms with Gasteiger partial charge in [0.15, 0.2) is 11.5 Å². The normalized spacial score (nSPS) is 10.6. The first kappa shape index (κ1) is 18.4. The Balaban J connectivity index is 1.84. The van der Waals surface area contributed by atoms with Gasteiger partial charge in [-0.3, -0.25) is 19.1 Å². The largest absolute Gasteiger partial charge is 0.493 e. The fourth-order valence-corrected chi connectivity index (χ4v) is 2.79. The van der Waals surface area contributed by atoms with Crippen LogP contribution in [0.15, 0.2) is 41.3 Å². The van der Waals surface area contributed by atoms with E-state index in [0.29, 0.717) is 40.5 Å². The molecule has 0 saturated heterocycles. The summed E-state index contributed by atoms with van der Waals surface area (Å²) in [4.78, 5) is 33.4. The third-order valence-corrected chi connectivity index (χ3v) is 4.17. The Morgan fingerprint density at radius 1 is 1.19 bits per heavy atom. The molecule has 2 aromatic heterocycles. The lowest BCUT2D eigenvalue weighted by Gasteiger charge is -2.13. The maximum atomic E-state index is 12.9. The summed E-state index contributed by atoms with van der Waals surface area (Å²) in [5.41, 5.74) is 0.657. The van der Waals surface area contributed by atoms with Gasteiger partial charge < -0.3 is 14.8 Å². The van der Waals surface area contributed by atoms with Gasteiger partial charge in [-0.2, -0.15) is 0 Å². The minimum Gasteiger partial charge on any atom is -0.493 e. The topological polar surface area (TPSA) is 95.3 Å². The average Bonchev–Trinajstić information content (AvgIpc) is 2.70. The fourth-order valence-electron chi connectivity index (χ4n) is 2.79. The predicted molar refractivity (Wildman–Crippen MR) is 100 cm³/mol. The average molecular weight is 368 g/mol. The van der Waals surface area contributed by atoms with Crippen LogP contribution in [0.1, 0.15) is 16.3 Å². The van der Waals surface area contributed by atoms with Gasteiger partial charge >= 0.3 is 0 Å². The molecule has 0 atom stereocenters. The van der Waals surface area contributed by atoms with E-state index in [0.717, 1.165) is 0 Å². The number of aromatic nitrogens is 3. The summed E-state index contributed by atoms with van der Waals surface area (Å²) in [5, 5.41) is 3.18. The number of methoxy groups -OCH3 is 2. The Morgan fingerprint density at radius 3 is 2.59 bits per heavy atom. The number of benzene rings is 1. The van der Waals surface area contributed by atoms with Crippen molar-refractivity contribution in [2.75, 3.05) is 20.8 Å². The number of pyridine rings is 1. The first-order chi connectivity index (χ1) is 13.0. The van der Waals surface area contributed by atoms with Crippen molar-refractivity contribution in [3.05, 3.63) is 58.4 Å². The van der Waals surface area contributed by atoms with Crippen molar-refractivity contribution in [1.29, 1.82) is 0 Å². The molecule has 0 radical (unpaired) electrons. The third kappa shape index (κ3) is 3.74. The molecular weight excluding hydrogens is 348 g/mol. The molecule has 1 aromatic carbocycles. The molecule has 0 bridgehead atoms. The third-order valence-electron chi connectivity index (χ3n) is 4.17. The Kier molecular flexibility index (Phi) is 5.35. The fraction of sp³-hybridized carbons (Fsp3) is 0.263. The molecule has 0 aliphatic heterocycles. The quantitative estimate of drug-likeness (QED) is 0.709. The molecule has 140 valence electrons. The van der Waals surface area contributed by atoms with E-state index in [4.69, 9.17) is 9.47 Å². The second-order valence-corrected chi connectivity index (χ2v) is 5.81. The first-order valence-corrected chi connectivity index (χ1v) is 8.37. The predicted octanol–water partition coefficient (Wildman–Crippen LogP) is 1.55. The summed E-state index contributed by atoms with van der Waals surface area (Å²) in [6.07, 6.45) is 1.55. The summed E-state index contributed by atoms with van der Waals surface area (Å²) in [5.74, 6) is 1.23. The summed E-state index contributed by atoms with van der Waals surface area (Å²) in [6.45, 7) is 2.31. The molecule has 3 aromatic rings. The Bertz CT molecular complexity index is 1030. The molecule has 0 aliphatic rings.